The Morgan fingerprint density at radius 3 is 3.07 bits per heavy atom. The Kier molecular flexibility index (Phi) is 3.08. The monoisotopic (exact) mass is 223 g/mol. The van der Waals surface area contributed by atoms with E-state index in [-0.39, 0.29) is 0 Å². The summed E-state index contributed by atoms with van der Waals surface area (Å²) in [6, 6.07) is 0.337. The summed E-state index contributed by atoms with van der Waals surface area (Å²) in [7, 11) is 0. The number of H-pyrrole nitrogens is 1. The fourth-order valence-electron chi connectivity index (χ4n) is 1.31. The molecule has 0 aliphatic heterocycles. The normalized spacial score (nSPS) is 12.9. The van der Waals surface area contributed by atoms with Gasteiger partial charge in [-0.25, -0.2) is 9.97 Å². The van der Waals surface area contributed by atoms with Crippen LogP contribution in [0.15, 0.2) is 12.5 Å². The maximum Gasteiger partial charge on any atom is 0.184 e. The van der Waals surface area contributed by atoms with Crippen molar-refractivity contribution in [2.45, 2.75) is 19.9 Å². The van der Waals surface area contributed by atoms with Crippen LogP contribution in [-0.4, -0.2) is 26.7 Å². The van der Waals surface area contributed by atoms with Gasteiger partial charge in [0, 0.05) is 17.1 Å². The average Bonchev–Trinajstić information content (AvgIpc) is 2.89. The molecular weight excluding hydrogens is 210 g/mol. The van der Waals surface area contributed by atoms with Gasteiger partial charge in [0.2, 0.25) is 0 Å². The molecule has 2 aromatic rings. The molecule has 5 nitrogen and oxygen atoms in total. The van der Waals surface area contributed by atoms with E-state index < -0.39 is 0 Å². The first-order valence-corrected chi connectivity index (χ1v) is 5.67. The smallest absolute Gasteiger partial charge is 0.184 e. The second kappa shape index (κ2) is 4.50. The van der Waals surface area contributed by atoms with Gasteiger partial charge in [-0.2, -0.15) is 5.10 Å². The lowest BCUT2D eigenvalue weighted by Crippen LogP contribution is -2.16. The molecule has 0 bridgehead atoms. The van der Waals surface area contributed by atoms with Crippen LogP contribution in [0.5, 0.6) is 0 Å². The van der Waals surface area contributed by atoms with Crippen LogP contribution in [0.3, 0.4) is 0 Å². The standard InChI is InChI=1S/C9H13N5S/c1-3-10-6(2)7-4-11-9(15-7)8-12-5-13-14-8/h4-6,10H,3H2,1-2H3,(H,12,13,14). The lowest BCUT2D eigenvalue weighted by atomic mass is 10.3. The summed E-state index contributed by atoms with van der Waals surface area (Å²) in [4.78, 5) is 9.58. The average molecular weight is 223 g/mol. The van der Waals surface area contributed by atoms with Crippen LogP contribution in [0.25, 0.3) is 10.8 Å². The zero-order chi connectivity index (χ0) is 10.7. The van der Waals surface area contributed by atoms with Crippen LogP contribution in [0.4, 0.5) is 0 Å². The molecule has 0 amide bonds. The molecule has 2 N–H and O–H groups in total. The summed E-state index contributed by atoms with van der Waals surface area (Å²) in [5.74, 6) is 0.731. The van der Waals surface area contributed by atoms with Gasteiger partial charge in [0.1, 0.15) is 6.33 Å². The largest absolute Gasteiger partial charge is 0.310 e. The highest BCUT2D eigenvalue weighted by Gasteiger charge is 2.11. The third kappa shape index (κ3) is 2.21. The third-order valence-corrected chi connectivity index (χ3v) is 3.27. The van der Waals surface area contributed by atoms with Crippen molar-refractivity contribution in [2.24, 2.45) is 0 Å². The van der Waals surface area contributed by atoms with Crippen LogP contribution in [0.1, 0.15) is 24.8 Å². The van der Waals surface area contributed by atoms with Crippen molar-refractivity contribution in [3.8, 4) is 10.8 Å². The molecule has 80 valence electrons. The molecule has 0 aliphatic carbocycles. The van der Waals surface area contributed by atoms with Crippen molar-refractivity contribution in [1.82, 2.24) is 25.5 Å². The summed E-state index contributed by atoms with van der Waals surface area (Å²) >= 11 is 1.63. The van der Waals surface area contributed by atoms with Gasteiger partial charge < -0.3 is 5.32 Å². The first kappa shape index (κ1) is 10.3. The van der Waals surface area contributed by atoms with Gasteiger partial charge in [-0.05, 0) is 13.5 Å². The van der Waals surface area contributed by atoms with E-state index in [4.69, 9.17) is 0 Å². The summed E-state index contributed by atoms with van der Waals surface area (Å²) in [5.41, 5.74) is 0. The van der Waals surface area contributed by atoms with E-state index in [1.807, 2.05) is 6.20 Å². The molecule has 1 unspecified atom stereocenters. The number of aromatic amines is 1. The predicted molar refractivity (Wildman–Crippen MR) is 59.6 cm³/mol. The molecule has 1 atom stereocenters. The van der Waals surface area contributed by atoms with Gasteiger partial charge in [-0.15, -0.1) is 11.3 Å². The Labute approximate surface area is 92.0 Å². The van der Waals surface area contributed by atoms with Crippen molar-refractivity contribution in [3.63, 3.8) is 0 Å². The van der Waals surface area contributed by atoms with E-state index in [1.165, 1.54) is 11.2 Å². The van der Waals surface area contributed by atoms with E-state index >= 15 is 0 Å². The molecule has 2 rings (SSSR count). The van der Waals surface area contributed by atoms with Gasteiger partial charge >= 0.3 is 0 Å². The van der Waals surface area contributed by atoms with Crippen molar-refractivity contribution >= 4 is 11.3 Å². The van der Waals surface area contributed by atoms with Crippen LogP contribution in [-0.2, 0) is 0 Å². The molecule has 2 aromatic heterocycles. The Morgan fingerprint density at radius 2 is 2.40 bits per heavy atom. The van der Waals surface area contributed by atoms with E-state index in [1.54, 1.807) is 11.3 Å². The summed E-state index contributed by atoms with van der Waals surface area (Å²) in [5, 5.41) is 10.8. The van der Waals surface area contributed by atoms with Crippen LogP contribution >= 0.6 is 11.3 Å². The number of hydrogen-bond acceptors (Lipinski definition) is 5. The lowest BCUT2D eigenvalue weighted by molar-refractivity contribution is 0.606. The molecule has 0 saturated heterocycles. The Morgan fingerprint density at radius 1 is 1.53 bits per heavy atom. The van der Waals surface area contributed by atoms with E-state index in [0.29, 0.717) is 6.04 Å². The first-order chi connectivity index (χ1) is 7.31. The number of nitrogens with zero attached hydrogens (tertiary/aromatic N) is 3. The van der Waals surface area contributed by atoms with Crippen molar-refractivity contribution < 1.29 is 0 Å². The second-order valence-electron chi connectivity index (χ2n) is 3.18. The zero-order valence-electron chi connectivity index (χ0n) is 8.69. The number of nitrogens with one attached hydrogen (secondary N) is 2. The zero-order valence-corrected chi connectivity index (χ0v) is 9.51. The molecule has 0 aromatic carbocycles. The fourth-order valence-corrected chi connectivity index (χ4v) is 2.20. The quantitative estimate of drug-likeness (QED) is 0.826. The lowest BCUT2D eigenvalue weighted by Gasteiger charge is -2.07. The molecule has 0 saturated carbocycles. The SMILES string of the molecule is CCNC(C)c1cnc(-c2ncn[nH]2)s1. The predicted octanol–water partition coefficient (Wildman–Crippen LogP) is 1.60. The van der Waals surface area contributed by atoms with Crippen LogP contribution in [0, 0.1) is 0 Å². The van der Waals surface area contributed by atoms with Crippen LogP contribution in [0.2, 0.25) is 0 Å². The van der Waals surface area contributed by atoms with Crippen molar-refractivity contribution in [3.05, 3.63) is 17.4 Å². The highest BCUT2D eigenvalue weighted by molar-refractivity contribution is 7.15. The number of hydrogen-bond donors (Lipinski definition) is 2. The highest BCUT2D eigenvalue weighted by atomic mass is 32.1. The maximum absolute atomic E-state index is 4.31. The molecular formula is C9H13N5S. The minimum absolute atomic E-state index is 0.337. The Hall–Kier alpha value is -1.27. The van der Waals surface area contributed by atoms with Gasteiger partial charge in [0.25, 0.3) is 0 Å². The summed E-state index contributed by atoms with van der Waals surface area (Å²) < 4.78 is 0. The van der Waals surface area contributed by atoms with E-state index in [2.05, 4.69) is 39.3 Å². The van der Waals surface area contributed by atoms with Gasteiger partial charge in [0.15, 0.2) is 10.8 Å². The maximum atomic E-state index is 4.31. The molecule has 0 spiro atoms. The number of aromatic nitrogens is 4. The fraction of sp³-hybridized carbons (Fsp3) is 0.444. The molecule has 0 aliphatic rings. The van der Waals surface area contributed by atoms with E-state index in [0.717, 1.165) is 17.4 Å². The van der Waals surface area contributed by atoms with E-state index in [9.17, 15) is 0 Å². The van der Waals surface area contributed by atoms with Crippen LogP contribution < -0.4 is 5.32 Å². The van der Waals surface area contributed by atoms with Gasteiger partial charge in [-0.3, -0.25) is 5.10 Å². The topological polar surface area (TPSA) is 66.5 Å². The first-order valence-electron chi connectivity index (χ1n) is 4.86. The third-order valence-electron chi connectivity index (χ3n) is 2.08. The van der Waals surface area contributed by atoms with Gasteiger partial charge in [0.05, 0.1) is 0 Å². The van der Waals surface area contributed by atoms with Gasteiger partial charge in [-0.1, -0.05) is 6.92 Å². The molecule has 2 heterocycles. The molecule has 0 radical (unpaired) electrons. The minimum atomic E-state index is 0.337. The molecule has 0 fully saturated rings. The van der Waals surface area contributed by atoms with Crippen molar-refractivity contribution in [1.29, 1.82) is 0 Å². The molecule has 6 heteroatoms. The number of rotatable bonds is 4. The van der Waals surface area contributed by atoms with Crippen molar-refractivity contribution in [2.75, 3.05) is 6.54 Å². The molecule has 15 heavy (non-hydrogen) atoms. The second-order valence-corrected chi connectivity index (χ2v) is 4.24. The highest BCUT2D eigenvalue weighted by Crippen LogP contribution is 2.25. The summed E-state index contributed by atoms with van der Waals surface area (Å²) in [6.07, 6.45) is 3.37. The summed E-state index contributed by atoms with van der Waals surface area (Å²) in [6.45, 7) is 5.17. The Bertz CT molecular complexity index is 408. The number of thiazole rings is 1. The Balaban J connectivity index is 2.17. The minimum Gasteiger partial charge on any atom is -0.310 e.